The SMILES string of the molecule is Nc1ccc(OC(F)(F)c2cccc(F)c2F)c(C(=O)O)c1. The van der Waals surface area contributed by atoms with Crippen LogP contribution in [0.25, 0.3) is 0 Å². The van der Waals surface area contributed by atoms with Crippen molar-refractivity contribution in [3.8, 4) is 5.75 Å². The Morgan fingerprint density at radius 1 is 1.18 bits per heavy atom. The van der Waals surface area contributed by atoms with Crippen molar-refractivity contribution in [1.82, 2.24) is 0 Å². The molecular weight excluding hydrogens is 306 g/mol. The third-order valence-corrected chi connectivity index (χ3v) is 2.74. The molecule has 2 aromatic rings. The number of carboxylic acids is 1. The van der Waals surface area contributed by atoms with Gasteiger partial charge in [0.15, 0.2) is 11.6 Å². The molecule has 0 aliphatic carbocycles. The van der Waals surface area contributed by atoms with Gasteiger partial charge >= 0.3 is 12.1 Å². The summed E-state index contributed by atoms with van der Waals surface area (Å²) in [6, 6.07) is 5.14. The number of anilines is 1. The highest BCUT2D eigenvalue weighted by Gasteiger charge is 2.39. The van der Waals surface area contributed by atoms with Gasteiger partial charge in [-0.15, -0.1) is 0 Å². The van der Waals surface area contributed by atoms with E-state index >= 15 is 0 Å². The first-order valence-electron chi connectivity index (χ1n) is 5.86. The smallest absolute Gasteiger partial charge is 0.429 e. The van der Waals surface area contributed by atoms with E-state index < -0.39 is 40.6 Å². The van der Waals surface area contributed by atoms with Crippen LogP contribution in [0.3, 0.4) is 0 Å². The summed E-state index contributed by atoms with van der Waals surface area (Å²) >= 11 is 0. The highest BCUT2D eigenvalue weighted by Crippen LogP contribution is 2.35. The van der Waals surface area contributed by atoms with E-state index in [9.17, 15) is 22.4 Å². The Morgan fingerprint density at radius 3 is 2.50 bits per heavy atom. The van der Waals surface area contributed by atoms with Gasteiger partial charge in [-0.2, -0.15) is 8.78 Å². The summed E-state index contributed by atoms with van der Waals surface area (Å²) in [6.07, 6.45) is -4.27. The normalized spacial score (nSPS) is 11.3. The number of carbonyl (C=O) groups is 1. The van der Waals surface area contributed by atoms with Crippen LogP contribution in [0.5, 0.6) is 5.75 Å². The van der Waals surface area contributed by atoms with Crippen LogP contribution in [0.1, 0.15) is 15.9 Å². The maximum Gasteiger partial charge on any atom is 0.429 e. The molecule has 0 spiro atoms. The predicted molar refractivity (Wildman–Crippen MR) is 68.7 cm³/mol. The number of carboxylic acid groups (broad SMARTS) is 1. The molecule has 0 atom stereocenters. The van der Waals surface area contributed by atoms with Crippen LogP contribution in [0.2, 0.25) is 0 Å². The zero-order chi connectivity index (χ0) is 16.5. The van der Waals surface area contributed by atoms with Crippen molar-refractivity contribution < 1.29 is 32.2 Å². The second-order valence-electron chi connectivity index (χ2n) is 4.28. The summed E-state index contributed by atoms with van der Waals surface area (Å²) < 4.78 is 58.7. The maximum atomic E-state index is 14.0. The van der Waals surface area contributed by atoms with Crippen LogP contribution in [0.15, 0.2) is 36.4 Å². The lowest BCUT2D eigenvalue weighted by molar-refractivity contribution is -0.187. The summed E-state index contributed by atoms with van der Waals surface area (Å²) in [4.78, 5) is 11.0. The minimum atomic E-state index is -4.27. The van der Waals surface area contributed by atoms with Crippen molar-refractivity contribution in [2.24, 2.45) is 0 Å². The Balaban J connectivity index is 2.45. The van der Waals surface area contributed by atoms with Crippen LogP contribution < -0.4 is 10.5 Å². The third kappa shape index (κ3) is 2.95. The molecular formula is C14H9F4NO3. The first-order chi connectivity index (χ1) is 10.2. The monoisotopic (exact) mass is 315 g/mol. The molecule has 0 radical (unpaired) electrons. The average Bonchev–Trinajstić information content (AvgIpc) is 2.43. The standard InChI is InChI=1S/C14H9F4NO3/c15-10-3-1-2-9(12(10)16)14(17,18)22-11-5-4-7(19)6-8(11)13(20)21/h1-6H,19H2,(H,20,21). The first-order valence-corrected chi connectivity index (χ1v) is 5.86. The Bertz CT molecular complexity index is 734. The van der Waals surface area contributed by atoms with E-state index in [0.29, 0.717) is 12.1 Å². The van der Waals surface area contributed by atoms with Gasteiger partial charge < -0.3 is 15.6 Å². The molecule has 0 aliphatic heterocycles. The summed E-state index contributed by atoms with van der Waals surface area (Å²) in [5, 5.41) is 8.94. The second-order valence-corrected chi connectivity index (χ2v) is 4.28. The number of hydrogen-bond acceptors (Lipinski definition) is 3. The quantitative estimate of drug-likeness (QED) is 0.670. The lowest BCUT2D eigenvalue weighted by Crippen LogP contribution is -2.25. The molecule has 0 saturated heterocycles. The fourth-order valence-electron chi connectivity index (χ4n) is 1.73. The van der Waals surface area contributed by atoms with Crippen LogP contribution in [0.4, 0.5) is 23.2 Å². The molecule has 2 rings (SSSR count). The molecule has 116 valence electrons. The van der Waals surface area contributed by atoms with Crippen LogP contribution in [-0.4, -0.2) is 11.1 Å². The molecule has 0 saturated carbocycles. The summed E-state index contributed by atoms with van der Waals surface area (Å²) in [5.41, 5.74) is 3.41. The minimum absolute atomic E-state index is 0.0185. The Hall–Kier alpha value is -2.77. The van der Waals surface area contributed by atoms with Crippen LogP contribution in [-0.2, 0) is 6.11 Å². The van der Waals surface area contributed by atoms with Gasteiger partial charge in [0, 0.05) is 5.69 Å². The molecule has 0 amide bonds. The molecule has 0 unspecified atom stereocenters. The van der Waals surface area contributed by atoms with Crippen molar-refractivity contribution in [3.05, 3.63) is 59.2 Å². The predicted octanol–water partition coefficient (Wildman–Crippen LogP) is 3.37. The molecule has 0 heterocycles. The van der Waals surface area contributed by atoms with Gasteiger partial charge in [0.2, 0.25) is 0 Å². The maximum absolute atomic E-state index is 14.0. The molecule has 0 bridgehead atoms. The Morgan fingerprint density at radius 2 is 1.86 bits per heavy atom. The molecule has 2 aromatic carbocycles. The average molecular weight is 315 g/mol. The third-order valence-electron chi connectivity index (χ3n) is 2.74. The molecule has 8 heteroatoms. The van der Waals surface area contributed by atoms with Gasteiger partial charge in [-0.1, -0.05) is 6.07 Å². The number of nitrogen functional groups attached to an aromatic ring is 1. The number of ether oxygens (including phenoxy) is 1. The Kier molecular flexibility index (Phi) is 3.94. The number of alkyl halides is 2. The summed E-state index contributed by atoms with van der Waals surface area (Å²) in [5.74, 6) is -5.54. The van der Waals surface area contributed by atoms with Crippen LogP contribution >= 0.6 is 0 Å². The zero-order valence-electron chi connectivity index (χ0n) is 10.8. The van der Waals surface area contributed by atoms with E-state index in [1.807, 2.05) is 0 Å². The largest absolute Gasteiger partial charge is 0.478 e. The number of hydrogen-bond donors (Lipinski definition) is 2. The van der Waals surface area contributed by atoms with Crippen molar-refractivity contribution in [1.29, 1.82) is 0 Å². The number of aromatic carboxylic acids is 1. The molecule has 3 N–H and O–H groups in total. The van der Waals surface area contributed by atoms with Gasteiger partial charge in [0.1, 0.15) is 16.9 Å². The van der Waals surface area contributed by atoms with Gasteiger partial charge in [0.05, 0.1) is 0 Å². The lowest BCUT2D eigenvalue weighted by Gasteiger charge is -2.20. The highest BCUT2D eigenvalue weighted by atomic mass is 19.3. The van der Waals surface area contributed by atoms with Crippen molar-refractivity contribution in [2.75, 3.05) is 5.73 Å². The minimum Gasteiger partial charge on any atom is -0.478 e. The van der Waals surface area contributed by atoms with E-state index in [1.165, 1.54) is 0 Å². The molecule has 0 aromatic heterocycles. The molecule has 4 nitrogen and oxygen atoms in total. The first kappa shape index (κ1) is 15.6. The fraction of sp³-hybridized carbons (Fsp3) is 0.0714. The van der Waals surface area contributed by atoms with Gasteiger partial charge in [-0.3, -0.25) is 0 Å². The second kappa shape index (κ2) is 5.55. The number of halogens is 4. The van der Waals surface area contributed by atoms with Crippen LogP contribution in [0, 0.1) is 11.6 Å². The van der Waals surface area contributed by atoms with E-state index in [4.69, 9.17) is 10.8 Å². The topological polar surface area (TPSA) is 72.5 Å². The Labute approximate surface area is 121 Å². The molecule has 0 fully saturated rings. The van der Waals surface area contributed by atoms with E-state index in [-0.39, 0.29) is 5.69 Å². The summed E-state index contributed by atoms with van der Waals surface area (Å²) in [6.45, 7) is 0. The fourth-order valence-corrected chi connectivity index (χ4v) is 1.73. The van der Waals surface area contributed by atoms with Gasteiger partial charge in [-0.25, -0.2) is 13.6 Å². The van der Waals surface area contributed by atoms with Gasteiger partial charge in [0.25, 0.3) is 0 Å². The molecule has 22 heavy (non-hydrogen) atoms. The van der Waals surface area contributed by atoms with E-state index in [1.54, 1.807) is 0 Å². The van der Waals surface area contributed by atoms with Crippen molar-refractivity contribution in [3.63, 3.8) is 0 Å². The van der Waals surface area contributed by atoms with Crippen molar-refractivity contribution in [2.45, 2.75) is 6.11 Å². The van der Waals surface area contributed by atoms with Gasteiger partial charge in [-0.05, 0) is 30.3 Å². The summed E-state index contributed by atoms with van der Waals surface area (Å²) in [7, 11) is 0. The number of benzene rings is 2. The zero-order valence-corrected chi connectivity index (χ0v) is 10.8. The van der Waals surface area contributed by atoms with E-state index in [0.717, 1.165) is 24.3 Å². The highest BCUT2D eigenvalue weighted by molar-refractivity contribution is 5.92. The lowest BCUT2D eigenvalue weighted by atomic mass is 10.1. The number of nitrogens with two attached hydrogens (primary N) is 1. The number of rotatable bonds is 4. The molecule has 0 aliphatic rings. The van der Waals surface area contributed by atoms with E-state index in [2.05, 4.69) is 4.74 Å². The van der Waals surface area contributed by atoms with Crippen molar-refractivity contribution >= 4 is 11.7 Å².